The summed E-state index contributed by atoms with van der Waals surface area (Å²) < 4.78 is 54.8. The van der Waals surface area contributed by atoms with E-state index in [1.54, 1.807) is 27.7 Å². The number of carbonyl (C=O) groups excluding carboxylic acids is 1. The smallest absolute Gasteiger partial charge is 0.432 e. The Balaban J connectivity index is 2.19. The van der Waals surface area contributed by atoms with Crippen LogP contribution < -0.4 is 11.4 Å². The van der Waals surface area contributed by atoms with Crippen molar-refractivity contribution >= 4 is 19.8 Å². The second kappa shape index (κ2) is 15.2. The Kier molecular flexibility index (Phi) is 12.7. The van der Waals surface area contributed by atoms with Crippen LogP contribution in [0.15, 0.2) is 22.2 Å². The lowest BCUT2D eigenvalue weighted by molar-refractivity contribution is -0.295. The molecule has 0 radical (unpaired) electrons. The molecule has 2 unspecified atom stereocenters. The summed E-state index contributed by atoms with van der Waals surface area (Å²) in [6.07, 6.45) is -3.49. The van der Waals surface area contributed by atoms with Gasteiger partial charge in [-0.05, 0) is 39.3 Å². The van der Waals surface area contributed by atoms with E-state index in [0.717, 1.165) is 4.57 Å². The molecule has 1 aliphatic rings. The molecule has 0 bridgehead atoms. The number of aromatic nitrogens is 2. The first-order valence-electron chi connectivity index (χ1n) is 11.8. The molecular formula is C20H33N6O13P. The van der Waals surface area contributed by atoms with Gasteiger partial charge in [-0.2, -0.15) is 4.98 Å². The van der Waals surface area contributed by atoms with Gasteiger partial charge in [0, 0.05) is 17.5 Å². The monoisotopic (exact) mass is 596 g/mol. The van der Waals surface area contributed by atoms with Gasteiger partial charge in [-0.15, -0.1) is 0 Å². The maximum Gasteiger partial charge on any atom is 0.510 e. The SMILES string of the molecule is CC(C)OC(=O)OCOP(=O)(OCOC(O)OC(C)C)OC[C@@]1(CN=[N+]=[N-])O[C@@H](n2ccc(N)nc2=O)C[C@@H]1O. The fourth-order valence-electron chi connectivity index (χ4n) is 3.18. The molecule has 0 saturated carbocycles. The molecular weight excluding hydrogens is 563 g/mol. The molecule has 226 valence electrons. The van der Waals surface area contributed by atoms with Crippen molar-refractivity contribution in [3.05, 3.63) is 33.2 Å². The molecule has 0 aromatic carbocycles. The molecule has 40 heavy (non-hydrogen) atoms. The van der Waals surface area contributed by atoms with Gasteiger partial charge in [-0.1, -0.05) is 5.11 Å². The number of ether oxygens (including phenoxy) is 5. The minimum atomic E-state index is -4.71. The molecule has 2 rings (SSSR count). The molecule has 4 N–H and O–H groups in total. The zero-order valence-electron chi connectivity index (χ0n) is 22.2. The van der Waals surface area contributed by atoms with E-state index in [1.807, 2.05) is 0 Å². The van der Waals surface area contributed by atoms with E-state index < -0.39 is 83.0 Å². The number of aliphatic hydroxyl groups is 2. The van der Waals surface area contributed by atoms with Crippen molar-refractivity contribution in [3.8, 4) is 0 Å². The van der Waals surface area contributed by atoms with Crippen molar-refractivity contribution in [1.29, 1.82) is 0 Å². The zero-order valence-corrected chi connectivity index (χ0v) is 23.1. The summed E-state index contributed by atoms with van der Waals surface area (Å²) in [4.78, 5) is 30.2. The van der Waals surface area contributed by atoms with Crippen molar-refractivity contribution in [2.24, 2.45) is 5.11 Å². The average Bonchev–Trinajstić information content (AvgIpc) is 3.16. The van der Waals surface area contributed by atoms with E-state index in [-0.39, 0.29) is 12.2 Å². The van der Waals surface area contributed by atoms with Gasteiger partial charge in [0.1, 0.15) is 17.6 Å². The highest BCUT2D eigenvalue weighted by molar-refractivity contribution is 7.48. The Labute approximate surface area is 228 Å². The Bertz CT molecular complexity index is 1130. The zero-order chi connectivity index (χ0) is 29.9. The lowest BCUT2D eigenvalue weighted by Crippen LogP contribution is -2.47. The number of carbonyl (C=O) groups is 1. The summed E-state index contributed by atoms with van der Waals surface area (Å²) in [5, 5.41) is 23.9. The van der Waals surface area contributed by atoms with Gasteiger partial charge in [-0.25, -0.2) is 18.7 Å². The van der Waals surface area contributed by atoms with Gasteiger partial charge in [0.05, 0.1) is 31.5 Å². The molecule has 1 saturated heterocycles. The second-order valence-electron chi connectivity index (χ2n) is 8.75. The number of phosphoric ester groups is 1. The Morgan fingerprint density at radius 1 is 1.32 bits per heavy atom. The van der Waals surface area contributed by atoms with Crippen LogP contribution in [0, 0.1) is 0 Å². The molecule has 1 aliphatic heterocycles. The van der Waals surface area contributed by atoms with Gasteiger partial charge in [0.15, 0.2) is 6.79 Å². The summed E-state index contributed by atoms with van der Waals surface area (Å²) in [7, 11) is -4.71. The maximum atomic E-state index is 13.3. The molecule has 1 aromatic heterocycles. The van der Waals surface area contributed by atoms with E-state index in [4.69, 9.17) is 43.8 Å². The van der Waals surface area contributed by atoms with E-state index in [9.17, 15) is 24.4 Å². The molecule has 1 aromatic rings. The fourth-order valence-corrected chi connectivity index (χ4v) is 4.15. The van der Waals surface area contributed by atoms with E-state index >= 15 is 0 Å². The first kappa shape index (κ1) is 33.4. The van der Waals surface area contributed by atoms with Gasteiger partial charge in [0.2, 0.25) is 6.79 Å². The van der Waals surface area contributed by atoms with Crippen molar-refractivity contribution in [1.82, 2.24) is 9.55 Å². The third-order valence-corrected chi connectivity index (χ3v) is 6.25. The third-order valence-electron chi connectivity index (χ3n) is 4.96. The normalized spacial score (nSPS) is 23.0. The lowest BCUT2D eigenvalue weighted by Gasteiger charge is -2.31. The van der Waals surface area contributed by atoms with Crippen LogP contribution >= 0.6 is 7.82 Å². The highest BCUT2D eigenvalue weighted by Gasteiger charge is 2.50. The van der Waals surface area contributed by atoms with Gasteiger partial charge in [-0.3, -0.25) is 13.6 Å². The molecule has 5 atom stereocenters. The van der Waals surface area contributed by atoms with Crippen LogP contribution in [0.2, 0.25) is 0 Å². The first-order valence-corrected chi connectivity index (χ1v) is 13.3. The van der Waals surface area contributed by atoms with Crippen LogP contribution in [-0.2, 0) is 41.8 Å². The number of nitrogens with two attached hydrogens (primary N) is 1. The van der Waals surface area contributed by atoms with Crippen LogP contribution in [0.25, 0.3) is 10.4 Å². The quantitative estimate of drug-likeness (QED) is 0.0610. The second-order valence-corrected chi connectivity index (χ2v) is 10.4. The van der Waals surface area contributed by atoms with Crippen molar-refractivity contribution in [2.75, 3.05) is 32.5 Å². The number of phosphoric acid groups is 1. The minimum Gasteiger partial charge on any atom is -0.432 e. The number of azide groups is 1. The lowest BCUT2D eigenvalue weighted by atomic mass is 9.98. The standard InChI is InChI=1S/C20H33N6O13P/c1-12(2)37-18(29)32-10-35-40(31,36-11-33-19(30)38-13(3)4)34-9-20(8-23-25-22)14(27)7-16(39-20)26-6-5-15(21)24-17(26)28/h5-6,12-14,16,18,27,29H,7-11H2,1-4H3,(H2,21,24,28)/t14-,16+,18?,20+,40?/m0/s1. The van der Waals surface area contributed by atoms with Gasteiger partial charge < -0.3 is 39.6 Å². The van der Waals surface area contributed by atoms with Crippen molar-refractivity contribution in [2.45, 2.75) is 70.7 Å². The number of anilines is 1. The number of nitrogens with zero attached hydrogens (tertiary/aromatic N) is 5. The Morgan fingerprint density at radius 2 is 2.02 bits per heavy atom. The van der Waals surface area contributed by atoms with Crippen LogP contribution in [0.5, 0.6) is 0 Å². The predicted molar refractivity (Wildman–Crippen MR) is 132 cm³/mol. The third kappa shape index (κ3) is 10.3. The summed E-state index contributed by atoms with van der Waals surface area (Å²) in [6.45, 7) is 1.46. The largest absolute Gasteiger partial charge is 0.510 e. The minimum absolute atomic E-state index is 0.0377. The Morgan fingerprint density at radius 3 is 2.65 bits per heavy atom. The summed E-state index contributed by atoms with van der Waals surface area (Å²) >= 11 is 0. The Hall–Kier alpha value is -2.83. The number of aliphatic hydroxyl groups excluding tert-OH is 2. The fraction of sp³-hybridized carbons (Fsp3) is 0.750. The molecule has 19 nitrogen and oxygen atoms in total. The molecule has 2 heterocycles. The summed E-state index contributed by atoms with van der Waals surface area (Å²) in [6, 6.07) is 1.33. The van der Waals surface area contributed by atoms with Gasteiger partial charge >= 0.3 is 19.7 Å². The molecule has 0 aliphatic carbocycles. The van der Waals surface area contributed by atoms with E-state index in [1.165, 1.54) is 12.3 Å². The number of rotatable bonds is 16. The average molecular weight is 596 g/mol. The highest BCUT2D eigenvalue weighted by atomic mass is 31.2. The van der Waals surface area contributed by atoms with Crippen molar-refractivity contribution in [3.63, 3.8) is 0 Å². The van der Waals surface area contributed by atoms with Crippen molar-refractivity contribution < 1.29 is 56.8 Å². The van der Waals surface area contributed by atoms with Crippen LogP contribution in [0.4, 0.5) is 10.6 Å². The highest BCUT2D eigenvalue weighted by Crippen LogP contribution is 2.51. The summed E-state index contributed by atoms with van der Waals surface area (Å²) in [5.41, 5.74) is 11.7. The molecule has 1 fully saturated rings. The van der Waals surface area contributed by atoms with Gasteiger partial charge in [0.25, 0.3) is 6.48 Å². The summed E-state index contributed by atoms with van der Waals surface area (Å²) in [5.74, 6) is -0.0377. The number of hydrogen-bond acceptors (Lipinski definition) is 16. The van der Waals surface area contributed by atoms with E-state index in [0.29, 0.717) is 0 Å². The maximum absolute atomic E-state index is 13.3. The topological polar surface area (TPSA) is 258 Å². The molecule has 0 amide bonds. The van der Waals surface area contributed by atoms with E-state index in [2.05, 4.69) is 19.7 Å². The molecule has 20 heteroatoms. The van der Waals surface area contributed by atoms with Crippen LogP contribution in [0.1, 0.15) is 40.3 Å². The van der Waals surface area contributed by atoms with Crippen LogP contribution in [-0.4, -0.2) is 83.0 Å². The van der Waals surface area contributed by atoms with Crippen LogP contribution in [0.3, 0.4) is 0 Å². The first-order chi connectivity index (χ1) is 18.8. The predicted octanol–water partition coefficient (Wildman–Crippen LogP) is 1.51. The number of nitrogen functional groups attached to an aromatic ring is 1. The number of hydrogen-bond donors (Lipinski definition) is 3. The molecule has 0 spiro atoms.